The fraction of sp³-hybridized carbons (Fsp3) is 0.115. The normalized spacial score (nSPS) is 11.6. The molecule has 0 saturated heterocycles. The van der Waals surface area contributed by atoms with Gasteiger partial charge in [-0.2, -0.15) is 5.10 Å². The van der Waals surface area contributed by atoms with E-state index in [4.69, 9.17) is 5.14 Å². The van der Waals surface area contributed by atoms with Crippen LogP contribution < -0.4 is 15.9 Å². The summed E-state index contributed by atoms with van der Waals surface area (Å²) in [5.74, 6) is -0.169. The minimum Gasteiger partial charge on any atom is -0.352 e. The molecule has 3 aromatic carbocycles. The lowest BCUT2D eigenvalue weighted by Crippen LogP contribution is -2.25. The molecule has 0 unspecified atom stereocenters. The largest absolute Gasteiger partial charge is 0.352 e. The maximum atomic E-state index is 13.0. The monoisotopic (exact) mass is 487 g/mol. The lowest BCUT2D eigenvalue weighted by atomic mass is 10.1. The number of rotatable bonds is 9. The summed E-state index contributed by atoms with van der Waals surface area (Å²) in [4.78, 5) is 17.6. The molecule has 0 aliphatic heterocycles. The number of benzene rings is 3. The number of hydrogen-bond donors (Lipinski definition) is 3. The van der Waals surface area contributed by atoms with E-state index in [2.05, 4.69) is 33.0 Å². The fourth-order valence-corrected chi connectivity index (χ4v) is 4.09. The number of anilines is 1. The number of aromatic nitrogens is 1. The summed E-state index contributed by atoms with van der Waals surface area (Å²) in [6, 6.07) is 25.2. The average Bonchev–Trinajstić information content (AvgIpc) is 2.86. The summed E-state index contributed by atoms with van der Waals surface area (Å²) in [6.45, 7) is 0.559. The summed E-state index contributed by atoms with van der Waals surface area (Å²) < 4.78 is 22.7. The highest BCUT2D eigenvalue weighted by atomic mass is 32.2. The number of pyridine rings is 1. The first kappa shape index (κ1) is 24.1. The van der Waals surface area contributed by atoms with Gasteiger partial charge in [-0.1, -0.05) is 48.5 Å². The van der Waals surface area contributed by atoms with Crippen molar-refractivity contribution in [1.82, 2.24) is 10.3 Å². The number of aryl methyl sites for hydroxylation is 1. The van der Waals surface area contributed by atoms with Crippen molar-refractivity contribution in [3.63, 3.8) is 0 Å². The van der Waals surface area contributed by atoms with Crippen LogP contribution in [0, 0.1) is 0 Å². The molecule has 178 valence electrons. The number of nitrogens with two attached hydrogens (primary N) is 1. The van der Waals surface area contributed by atoms with Crippen LogP contribution in [-0.2, 0) is 16.4 Å². The molecule has 4 N–H and O–H groups in total. The predicted octanol–water partition coefficient (Wildman–Crippen LogP) is 3.69. The Bertz CT molecular complexity index is 1450. The second-order valence-corrected chi connectivity index (χ2v) is 9.46. The molecule has 1 heterocycles. The van der Waals surface area contributed by atoms with Crippen LogP contribution in [0.15, 0.2) is 94.9 Å². The number of hydrogen-bond acceptors (Lipinski definition) is 6. The van der Waals surface area contributed by atoms with Crippen LogP contribution in [0.1, 0.15) is 28.0 Å². The standard InChI is InChI=1S/C26H25N5O3S/c27-35(33,34)22-14-12-20(13-15-22)31-29-18-21-17-24(23-10-4-5-11-25(23)30-21)26(32)28-16-6-9-19-7-2-1-3-8-19/h1-5,7-8,10-15,17-18,31H,6,9,16H2,(H,28,32)(H2,27,33,34)/b29-18+. The molecule has 4 rings (SSSR count). The van der Waals surface area contributed by atoms with Gasteiger partial charge in [0.25, 0.3) is 5.91 Å². The molecule has 9 heteroatoms. The molecule has 0 atom stereocenters. The lowest BCUT2D eigenvalue weighted by Gasteiger charge is -2.09. The van der Waals surface area contributed by atoms with Crippen LogP contribution >= 0.6 is 0 Å². The zero-order valence-electron chi connectivity index (χ0n) is 18.9. The average molecular weight is 488 g/mol. The number of nitrogens with one attached hydrogen (secondary N) is 2. The Hall–Kier alpha value is -4.08. The first-order valence-corrected chi connectivity index (χ1v) is 12.6. The Balaban J connectivity index is 1.45. The van der Waals surface area contributed by atoms with Gasteiger partial charge in [0.05, 0.1) is 33.6 Å². The van der Waals surface area contributed by atoms with Crippen molar-refractivity contribution in [2.45, 2.75) is 17.7 Å². The van der Waals surface area contributed by atoms with E-state index in [-0.39, 0.29) is 10.8 Å². The number of carbonyl (C=O) groups is 1. The zero-order chi connectivity index (χ0) is 24.7. The van der Waals surface area contributed by atoms with Crippen LogP contribution in [0.4, 0.5) is 5.69 Å². The Labute approximate surface area is 203 Å². The maximum Gasteiger partial charge on any atom is 0.252 e. The van der Waals surface area contributed by atoms with E-state index in [0.29, 0.717) is 29.0 Å². The number of carbonyl (C=O) groups excluding carboxylic acids is 1. The van der Waals surface area contributed by atoms with Crippen molar-refractivity contribution in [2.24, 2.45) is 10.2 Å². The van der Waals surface area contributed by atoms with Gasteiger partial charge >= 0.3 is 0 Å². The highest BCUT2D eigenvalue weighted by Gasteiger charge is 2.12. The number of sulfonamides is 1. The molecule has 0 fully saturated rings. The molecule has 0 spiro atoms. The van der Waals surface area contributed by atoms with Crippen LogP contribution in [0.25, 0.3) is 10.9 Å². The Morgan fingerprint density at radius 3 is 2.43 bits per heavy atom. The van der Waals surface area contributed by atoms with Gasteiger partial charge in [-0.25, -0.2) is 18.5 Å². The van der Waals surface area contributed by atoms with Crippen molar-refractivity contribution in [1.29, 1.82) is 0 Å². The van der Waals surface area contributed by atoms with Crippen molar-refractivity contribution in [3.05, 3.63) is 102 Å². The summed E-state index contributed by atoms with van der Waals surface area (Å²) in [5, 5.41) is 13.0. The van der Waals surface area contributed by atoms with Gasteiger partial charge in [-0.15, -0.1) is 0 Å². The van der Waals surface area contributed by atoms with E-state index in [0.717, 1.165) is 18.2 Å². The van der Waals surface area contributed by atoms with Crippen LogP contribution in [0.3, 0.4) is 0 Å². The molecule has 1 amide bonds. The maximum absolute atomic E-state index is 13.0. The molecule has 8 nitrogen and oxygen atoms in total. The van der Waals surface area contributed by atoms with Crippen molar-refractivity contribution in [3.8, 4) is 0 Å². The Morgan fingerprint density at radius 1 is 0.971 bits per heavy atom. The molecule has 0 aliphatic rings. The number of amides is 1. The highest BCUT2D eigenvalue weighted by Crippen LogP contribution is 2.18. The third kappa shape index (κ3) is 6.50. The third-order valence-electron chi connectivity index (χ3n) is 5.32. The number of para-hydroxylation sites is 1. The first-order chi connectivity index (χ1) is 16.9. The molecule has 0 bridgehead atoms. The van der Waals surface area contributed by atoms with Gasteiger partial charge in [-0.3, -0.25) is 10.2 Å². The van der Waals surface area contributed by atoms with Gasteiger partial charge in [0, 0.05) is 11.9 Å². The van der Waals surface area contributed by atoms with Gasteiger partial charge < -0.3 is 5.32 Å². The van der Waals surface area contributed by atoms with Crippen LogP contribution in [0.2, 0.25) is 0 Å². The SMILES string of the molecule is NS(=O)(=O)c1ccc(N/N=C/c2cc(C(=O)NCCCc3ccccc3)c3ccccc3n2)cc1. The molecule has 0 radical (unpaired) electrons. The topological polar surface area (TPSA) is 127 Å². The smallest absolute Gasteiger partial charge is 0.252 e. The Kier molecular flexibility index (Phi) is 7.49. The van der Waals surface area contributed by atoms with Crippen LogP contribution in [0.5, 0.6) is 0 Å². The van der Waals surface area contributed by atoms with E-state index in [1.54, 1.807) is 18.2 Å². The summed E-state index contributed by atoms with van der Waals surface area (Å²) in [7, 11) is -3.75. The van der Waals surface area contributed by atoms with Crippen molar-refractivity contribution < 1.29 is 13.2 Å². The highest BCUT2D eigenvalue weighted by molar-refractivity contribution is 7.89. The van der Waals surface area contributed by atoms with Crippen molar-refractivity contribution in [2.75, 3.05) is 12.0 Å². The van der Waals surface area contributed by atoms with E-state index in [1.165, 1.54) is 23.9 Å². The zero-order valence-corrected chi connectivity index (χ0v) is 19.7. The fourth-order valence-electron chi connectivity index (χ4n) is 3.58. The lowest BCUT2D eigenvalue weighted by molar-refractivity contribution is 0.0954. The number of primary sulfonamides is 1. The Morgan fingerprint density at radius 2 is 1.69 bits per heavy atom. The molecular weight excluding hydrogens is 462 g/mol. The quantitative estimate of drug-likeness (QED) is 0.189. The summed E-state index contributed by atoms with van der Waals surface area (Å²) >= 11 is 0. The van der Waals surface area contributed by atoms with Crippen molar-refractivity contribution >= 4 is 38.7 Å². The van der Waals surface area contributed by atoms with E-state index >= 15 is 0 Å². The van der Waals surface area contributed by atoms with Gasteiger partial charge in [0.2, 0.25) is 10.0 Å². The molecule has 0 saturated carbocycles. The van der Waals surface area contributed by atoms with Gasteiger partial charge in [-0.05, 0) is 54.8 Å². The summed E-state index contributed by atoms with van der Waals surface area (Å²) in [5.41, 5.74) is 6.34. The molecule has 4 aromatic rings. The number of nitrogens with zero attached hydrogens (tertiary/aromatic N) is 2. The number of fused-ring (bicyclic) bond motifs is 1. The minimum absolute atomic E-state index is 0.0163. The second-order valence-electron chi connectivity index (χ2n) is 7.90. The molecule has 0 aliphatic carbocycles. The minimum atomic E-state index is -3.75. The molecular formula is C26H25N5O3S. The van der Waals surface area contributed by atoms with Gasteiger partial charge in [0.1, 0.15) is 0 Å². The van der Waals surface area contributed by atoms with E-state index in [9.17, 15) is 13.2 Å². The van der Waals surface area contributed by atoms with E-state index < -0.39 is 10.0 Å². The van der Waals surface area contributed by atoms with Gasteiger partial charge in [0.15, 0.2) is 0 Å². The third-order valence-corrected chi connectivity index (χ3v) is 6.25. The first-order valence-electron chi connectivity index (χ1n) is 11.0. The second kappa shape index (κ2) is 10.9. The summed E-state index contributed by atoms with van der Waals surface area (Å²) in [6.07, 6.45) is 3.23. The number of hydrazone groups is 1. The van der Waals surface area contributed by atoms with E-state index in [1.807, 2.05) is 42.5 Å². The molecule has 35 heavy (non-hydrogen) atoms. The predicted molar refractivity (Wildman–Crippen MR) is 138 cm³/mol. The van der Waals surface area contributed by atoms with Crippen LogP contribution in [-0.4, -0.2) is 32.1 Å². The molecule has 1 aromatic heterocycles.